The summed E-state index contributed by atoms with van der Waals surface area (Å²) in [6.45, 7) is 0.637. The highest BCUT2D eigenvalue weighted by Crippen LogP contribution is 2.38. The molecule has 1 aromatic heterocycles. The number of aromatic nitrogens is 1. The van der Waals surface area contributed by atoms with Crippen LogP contribution < -0.4 is 4.90 Å². The minimum absolute atomic E-state index is 0.0894. The van der Waals surface area contributed by atoms with E-state index in [4.69, 9.17) is 18.9 Å². The Morgan fingerprint density at radius 1 is 1.03 bits per heavy atom. The van der Waals surface area contributed by atoms with Crippen LogP contribution in [-0.4, -0.2) is 83.6 Å². The van der Waals surface area contributed by atoms with Crippen molar-refractivity contribution in [2.45, 2.75) is 43.4 Å². The quantitative estimate of drug-likeness (QED) is 0.607. The molecule has 0 amide bonds. The first-order valence-corrected chi connectivity index (χ1v) is 9.82. The molecule has 156 valence electrons. The Bertz CT molecular complexity index is 881. The number of phenolic OH excluding ortho intramolecular Hbond substituents is 1. The Morgan fingerprint density at radius 2 is 1.90 bits per heavy atom. The van der Waals surface area contributed by atoms with Gasteiger partial charge in [-0.05, 0) is 18.2 Å². The number of aliphatic hydroxyl groups is 2. The van der Waals surface area contributed by atoms with E-state index in [2.05, 4.69) is 4.98 Å². The van der Waals surface area contributed by atoms with E-state index in [0.29, 0.717) is 30.8 Å². The molecule has 29 heavy (non-hydrogen) atoms. The number of ether oxygens (including phenoxy) is 4. The fraction of sp³-hybridized carbons (Fsp3) is 0.550. The van der Waals surface area contributed by atoms with Gasteiger partial charge in [0, 0.05) is 18.4 Å². The number of aromatic hydroxyl groups is 1. The van der Waals surface area contributed by atoms with Gasteiger partial charge in [-0.1, -0.05) is 12.1 Å². The normalized spacial score (nSPS) is 34.2. The van der Waals surface area contributed by atoms with Gasteiger partial charge < -0.3 is 39.2 Å². The molecule has 0 radical (unpaired) electrons. The number of rotatable bonds is 5. The number of morpholine rings is 1. The number of benzene rings is 1. The minimum atomic E-state index is -0.588. The van der Waals surface area contributed by atoms with E-state index in [-0.39, 0.29) is 43.6 Å². The Balaban J connectivity index is 1.34. The van der Waals surface area contributed by atoms with Gasteiger partial charge in [0.15, 0.2) is 12.6 Å². The fourth-order valence-corrected chi connectivity index (χ4v) is 4.03. The molecule has 6 unspecified atom stereocenters. The summed E-state index contributed by atoms with van der Waals surface area (Å²) in [5, 5.41) is 30.1. The lowest BCUT2D eigenvalue weighted by atomic mass is 10.1. The van der Waals surface area contributed by atoms with E-state index in [1.54, 1.807) is 12.1 Å². The van der Waals surface area contributed by atoms with Crippen molar-refractivity contribution in [3.05, 3.63) is 30.3 Å². The van der Waals surface area contributed by atoms with E-state index >= 15 is 0 Å². The summed E-state index contributed by atoms with van der Waals surface area (Å²) < 4.78 is 23.0. The molecule has 3 aliphatic heterocycles. The number of aliphatic hydroxyl groups excluding tert-OH is 2. The van der Waals surface area contributed by atoms with E-state index in [0.717, 1.165) is 5.39 Å². The number of fused-ring (bicyclic) bond motifs is 2. The highest BCUT2D eigenvalue weighted by atomic mass is 16.8. The second-order valence-corrected chi connectivity index (χ2v) is 7.61. The second-order valence-electron chi connectivity index (χ2n) is 7.61. The van der Waals surface area contributed by atoms with Crippen LogP contribution in [0.4, 0.5) is 5.82 Å². The van der Waals surface area contributed by atoms with E-state index in [9.17, 15) is 15.3 Å². The van der Waals surface area contributed by atoms with Crippen LogP contribution in [0, 0.1) is 0 Å². The second kappa shape index (κ2) is 7.67. The van der Waals surface area contributed by atoms with Crippen LogP contribution in [0.5, 0.6) is 5.75 Å². The third kappa shape index (κ3) is 3.77. The molecule has 0 aliphatic carbocycles. The Hall–Kier alpha value is -2.01. The molecule has 1 aromatic carbocycles. The maximum atomic E-state index is 10.1. The predicted molar refractivity (Wildman–Crippen MR) is 101 cm³/mol. The third-order valence-corrected chi connectivity index (χ3v) is 5.55. The van der Waals surface area contributed by atoms with E-state index in [1.807, 2.05) is 23.1 Å². The molecule has 6 atom stereocenters. The molecule has 9 nitrogen and oxygen atoms in total. The predicted octanol–water partition coefficient (Wildman–Crippen LogP) is 0.355. The zero-order valence-corrected chi connectivity index (χ0v) is 15.8. The largest absolute Gasteiger partial charge is 0.506 e. The fourth-order valence-electron chi connectivity index (χ4n) is 4.03. The van der Waals surface area contributed by atoms with Crippen LogP contribution >= 0.6 is 0 Å². The molecular weight excluding hydrogens is 380 g/mol. The Morgan fingerprint density at radius 3 is 2.72 bits per heavy atom. The van der Waals surface area contributed by atoms with Crippen LogP contribution in [0.1, 0.15) is 6.42 Å². The average Bonchev–Trinajstić information content (AvgIpc) is 3.53. The van der Waals surface area contributed by atoms with Crippen LogP contribution in [0.3, 0.4) is 0 Å². The number of anilines is 1. The molecule has 2 aromatic rings. The Kier molecular flexibility index (Phi) is 5.02. The van der Waals surface area contributed by atoms with Crippen molar-refractivity contribution in [1.29, 1.82) is 0 Å². The molecule has 3 N–H and O–H groups in total. The van der Waals surface area contributed by atoms with Gasteiger partial charge in [0.05, 0.1) is 32.0 Å². The first-order valence-electron chi connectivity index (χ1n) is 9.82. The van der Waals surface area contributed by atoms with Crippen molar-refractivity contribution in [3.8, 4) is 5.75 Å². The van der Waals surface area contributed by atoms with Gasteiger partial charge in [-0.2, -0.15) is 0 Å². The first-order chi connectivity index (χ1) is 14.1. The molecule has 3 saturated heterocycles. The monoisotopic (exact) mass is 404 g/mol. The van der Waals surface area contributed by atoms with Crippen molar-refractivity contribution in [2.75, 3.05) is 31.2 Å². The molecule has 0 bridgehead atoms. The summed E-state index contributed by atoms with van der Waals surface area (Å²) in [4.78, 5) is 6.58. The van der Waals surface area contributed by atoms with Gasteiger partial charge in [0.25, 0.3) is 0 Å². The lowest BCUT2D eigenvalue weighted by Gasteiger charge is -2.39. The van der Waals surface area contributed by atoms with Gasteiger partial charge in [-0.3, -0.25) is 0 Å². The highest BCUT2D eigenvalue weighted by molar-refractivity contribution is 5.85. The summed E-state index contributed by atoms with van der Waals surface area (Å²) in [6.07, 6.45) is -1.55. The van der Waals surface area contributed by atoms with E-state index in [1.165, 1.54) is 0 Å². The summed E-state index contributed by atoms with van der Waals surface area (Å²) in [5.74, 6) is 0.799. The molecule has 4 heterocycles. The van der Waals surface area contributed by atoms with Crippen molar-refractivity contribution in [2.24, 2.45) is 0 Å². The number of hydrogen-bond acceptors (Lipinski definition) is 9. The van der Waals surface area contributed by atoms with E-state index < -0.39 is 12.4 Å². The standard InChI is InChI=1S/C20H24N2O7/c23-9-12-6-15(19-20(27-12)29-19)28-17-8-22(7-13(10-24)26-17)16-5-4-11-2-1-3-14(25)18(11)21-16/h1-5,12-13,15,17,19-20,23-25H,6-10H2. The first kappa shape index (κ1) is 19.0. The molecule has 9 heteroatoms. The van der Waals surface area contributed by atoms with Crippen molar-refractivity contribution in [1.82, 2.24) is 4.98 Å². The van der Waals surface area contributed by atoms with Crippen LogP contribution in [-0.2, 0) is 18.9 Å². The third-order valence-electron chi connectivity index (χ3n) is 5.55. The van der Waals surface area contributed by atoms with Gasteiger partial charge in [0.2, 0.25) is 0 Å². The number of hydrogen-bond donors (Lipinski definition) is 3. The van der Waals surface area contributed by atoms with Crippen molar-refractivity contribution < 1.29 is 34.3 Å². The summed E-state index contributed by atoms with van der Waals surface area (Å²) in [7, 11) is 0. The summed E-state index contributed by atoms with van der Waals surface area (Å²) >= 11 is 0. The van der Waals surface area contributed by atoms with Gasteiger partial charge in [0.1, 0.15) is 29.3 Å². The number of nitrogens with zero attached hydrogens (tertiary/aromatic N) is 2. The zero-order chi connectivity index (χ0) is 20.0. The maximum absolute atomic E-state index is 10.1. The molecular formula is C20H24N2O7. The number of para-hydroxylation sites is 1. The van der Waals surface area contributed by atoms with Gasteiger partial charge >= 0.3 is 0 Å². The average molecular weight is 404 g/mol. The molecule has 0 saturated carbocycles. The Labute approximate surface area is 167 Å². The highest BCUT2D eigenvalue weighted by Gasteiger charge is 2.53. The van der Waals surface area contributed by atoms with Crippen LogP contribution in [0.2, 0.25) is 0 Å². The topological polar surface area (TPSA) is 117 Å². The van der Waals surface area contributed by atoms with Crippen LogP contribution in [0.25, 0.3) is 10.9 Å². The van der Waals surface area contributed by atoms with Gasteiger partial charge in [-0.25, -0.2) is 4.98 Å². The maximum Gasteiger partial charge on any atom is 0.187 e. The van der Waals surface area contributed by atoms with Crippen molar-refractivity contribution in [3.63, 3.8) is 0 Å². The lowest BCUT2D eigenvalue weighted by Crippen LogP contribution is -2.52. The number of pyridine rings is 1. The van der Waals surface area contributed by atoms with Crippen LogP contribution in [0.15, 0.2) is 30.3 Å². The number of epoxide rings is 1. The zero-order valence-electron chi connectivity index (χ0n) is 15.8. The van der Waals surface area contributed by atoms with Gasteiger partial charge in [-0.15, -0.1) is 0 Å². The molecule has 3 fully saturated rings. The SMILES string of the molecule is OCC1CN(c2ccc3cccc(O)c3n2)CC(OC2CC(CO)OC3OC23)O1. The molecule has 0 spiro atoms. The molecule has 5 rings (SSSR count). The summed E-state index contributed by atoms with van der Waals surface area (Å²) in [6, 6.07) is 9.07. The van der Waals surface area contributed by atoms with Crippen molar-refractivity contribution >= 4 is 16.7 Å². The smallest absolute Gasteiger partial charge is 0.187 e. The summed E-state index contributed by atoms with van der Waals surface area (Å²) in [5.41, 5.74) is 0.527. The minimum Gasteiger partial charge on any atom is -0.506 e. The number of phenols is 1. The molecule has 3 aliphatic rings. The lowest BCUT2D eigenvalue weighted by molar-refractivity contribution is -0.219.